The molecule has 0 aliphatic heterocycles. The van der Waals surface area contributed by atoms with Crippen LogP contribution in [0.2, 0.25) is 5.02 Å². The van der Waals surface area contributed by atoms with Crippen molar-refractivity contribution in [3.05, 3.63) is 46.6 Å². The van der Waals surface area contributed by atoms with Gasteiger partial charge in [-0.2, -0.15) is 5.10 Å². The van der Waals surface area contributed by atoms with Crippen molar-refractivity contribution in [1.82, 2.24) is 15.5 Å². The highest BCUT2D eigenvalue weighted by Crippen LogP contribution is 2.24. The van der Waals surface area contributed by atoms with Crippen molar-refractivity contribution in [2.75, 3.05) is 6.54 Å². The van der Waals surface area contributed by atoms with Crippen molar-refractivity contribution in [2.24, 2.45) is 5.92 Å². The van der Waals surface area contributed by atoms with E-state index >= 15 is 0 Å². The van der Waals surface area contributed by atoms with Crippen LogP contribution in [0.25, 0.3) is 0 Å². The van der Waals surface area contributed by atoms with Gasteiger partial charge >= 0.3 is 0 Å². The third kappa shape index (κ3) is 4.99. The molecule has 0 saturated heterocycles. The molecule has 2 aromatic rings. The lowest BCUT2D eigenvalue weighted by Crippen LogP contribution is -2.19. The normalized spacial score (nSPS) is 10.9. The summed E-state index contributed by atoms with van der Waals surface area (Å²) in [5.74, 6) is 1.80. The quantitative estimate of drug-likeness (QED) is 0.877. The standard InChI is InChI=1S/C16H20ClN3O/c1-11(2)9-18-10-13-4-7-16(20-19-13)21-14-5-6-15(17)12(3)8-14/h4-8,11,18H,9-10H2,1-3H3. The van der Waals surface area contributed by atoms with Crippen LogP contribution in [0.4, 0.5) is 0 Å². The summed E-state index contributed by atoms with van der Waals surface area (Å²) in [6, 6.07) is 9.24. The van der Waals surface area contributed by atoms with Crippen LogP contribution in [0.1, 0.15) is 25.1 Å². The largest absolute Gasteiger partial charge is 0.438 e. The molecule has 0 saturated carbocycles. The number of nitrogens with one attached hydrogen (secondary N) is 1. The van der Waals surface area contributed by atoms with Crippen molar-refractivity contribution in [1.29, 1.82) is 0 Å². The summed E-state index contributed by atoms with van der Waals surface area (Å²) in [7, 11) is 0. The van der Waals surface area contributed by atoms with Gasteiger partial charge in [-0.1, -0.05) is 25.4 Å². The Kier molecular flexibility index (Phi) is 5.53. The third-order valence-electron chi connectivity index (χ3n) is 2.91. The fourth-order valence-corrected chi connectivity index (χ4v) is 1.90. The van der Waals surface area contributed by atoms with Gasteiger partial charge in [-0.15, -0.1) is 5.10 Å². The van der Waals surface area contributed by atoms with Crippen molar-refractivity contribution >= 4 is 11.6 Å². The van der Waals surface area contributed by atoms with E-state index in [9.17, 15) is 0 Å². The summed E-state index contributed by atoms with van der Waals surface area (Å²) in [6.45, 7) is 7.95. The van der Waals surface area contributed by atoms with E-state index in [1.807, 2.05) is 37.3 Å². The highest BCUT2D eigenvalue weighted by atomic mass is 35.5. The van der Waals surface area contributed by atoms with E-state index in [2.05, 4.69) is 29.4 Å². The number of benzene rings is 1. The van der Waals surface area contributed by atoms with Gasteiger partial charge in [0.05, 0.1) is 5.69 Å². The molecule has 0 aliphatic rings. The van der Waals surface area contributed by atoms with Gasteiger partial charge in [0, 0.05) is 17.6 Å². The molecular formula is C16H20ClN3O. The molecule has 0 aliphatic carbocycles. The summed E-state index contributed by atoms with van der Waals surface area (Å²) >= 11 is 5.98. The van der Waals surface area contributed by atoms with Gasteiger partial charge in [-0.05, 0) is 49.2 Å². The number of nitrogens with zero attached hydrogens (tertiary/aromatic N) is 2. The van der Waals surface area contributed by atoms with Gasteiger partial charge in [0.2, 0.25) is 5.88 Å². The van der Waals surface area contributed by atoms with Crippen molar-refractivity contribution in [3.8, 4) is 11.6 Å². The van der Waals surface area contributed by atoms with E-state index in [-0.39, 0.29) is 0 Å². The molecule has 1 heterocycles. The number of hydrogen-bond donors (Lipinski definition) is 1. The first-order valence-electron chi connectivity index (χ1n) is 7.02. The second-order valence-electron chi connectivity index (χ2n) is 5.40. The lowest BCUT2D eigenvalue weighted by molar-refractivity contribution is 0.452. The Bertz CT molecular complexity index is 585. The van der Waals surface area contributed by atoms with Crippen LogP contribution in [0.5, 0.6) is 11.6 Å². The molecule has 2 rings (SSSR count). The fourth-order valence-electron chi connectivity index (χ4n) is 1.79. The predicted molar refractivity (Wildman–Crippen MR) is 84.8 cm³/mol. The first kappa shape index (κ1) is 15.7. The van der Waals surface area contributed by atoms with Gasteiger partial charge in [0.15, 0.2) is 0 Å². The van der Waals surface area contributed by atoms with E-state index in [0.29, 0.717) is 24.1 Å². The van der Waals surface area contributed by atoms with E-state index in [1.165, 1.54) is 0 Å². The second kappa shape index (κ2) is 7.38. The van der Waals surface area contributed by atoms with Crippen molar-refractivity contribution < 1.29 is 4.74 Å². The summed E-state index contributed by atoms with van der Waals surface area (Å²) in [5.41, 5.74) is 1.87. The highest BCUT2D eigenvalue weighted by Gasteiger charge is 2.03. The average molecular weight is 306 g/mol. The minimum absolute atomic E-state index is 0.476. The Balaban J connectivity index is 1.94. The van der Waals surface area contributed by atoms with Gasteiger partial charge in [0.25, 0.3) is 0 Å². The zero-order valence-electron chi connectivity index (χ0n) is 12.6. The molecule has 1 aromatic heterocycles. The maximum Gasteiger partial charge on any atom is 0.238 e. The van der Waals surface area contributed by atoms with E-state index in [1.54, 1.807) is 0 Å². The van der Waals surface area contributed by atoms with Crippen LogP contribution in [-0.2, 0) is 6.54 Å². The van der Waals surface area contributed by atoms with Gasteiger partial charge < -0.3 is 10.1 Å². The van der Waals surface area contributed by atoms with Gasteiger partial charge in [0.1, 0.15) is 5.75 Å². The third-order valence-corrected chi connectivity index (χ3v) is 3.33. The number of hydrogen-bond acceptors (Lipinski definition) is 4. The van der Waals surface area contributed by atoms with E-state index in [0.717, 1.165) is 22.8 Å². The predicted octanol–water partition coefficient (Wildman–Crippen LogP) is 3.98. The number of ether oxygens (including phenoxy) is 1. The van der Waals surface area contributed by atoms with Gasteiger partial charge in [-0.25, -0.2) is 0 Å². The van der Waals surface area contributed by atoms with Gasteiger partial charge in [-0.3, -0.25) is 0 Å². The van der Waals surface area contributed by atoms with Crippen LogP contribution in [-0.4, -0.2) is 16.7 Å². The summed E-state index contributed by atoms with van der Waals surface area (Å²) in [5, 5.41) is 12.3. The molecule has 1 aromatic carbocycles. The molecule has 112 valence electrons. The molecule has 0 amide bonds. The van der Waals surface area contributed by atoms with Crippen LogP contribution < -0.4 is 10.1 Å². The first-order valence-corrected chi connectivity index (χ1v) is 7.39. The molecule has 1 N–H and O–H groups in total. The second-order valence-corrected chi connectivity index (χ2v) is 5.81. The van der Waals surface area contributed by atoms with E-state index < -0.39 is 0 Å². The zero-order valence-corrected chi connectivity index (χ0v) is 13.3. The van der Waals surface area contributed by atoms with Crippen LogP contribution in [0.3, 0.4) is 0 Å². The molecule has 5 heteroatoms. The lowest BCUT2D eigenvalue weighted by Gasteiger charge is -2.08. The molecule has 0 bridgehead atoms. The minimum Gasteiger partial charge on any atom is -0.438 e. The maximum absolute atomic E-state index is 5.98. The topological polar surface area (TPSA) is 47.0 Å². The SMILES string of the molecule is Cc1cc(Oc2ccc(CNCC(C)C)nn2)ccc1Cl. The summed E-state index contributed by atoms with van der Waals surface area (Å²) in [6.07, 6.45) is 0. The molecular weight excluding hydrogens is 286 g/mol. The maximum atomic E-state index is 5.98. The minimum atomic E-state index is 0.476. The average Bonchev–Trinajstić information content (AvgIpc) is 2.44. The molecule has 0 atom stereocenters. The number of rotatable bonds is 6. The zero-order chi connectivity index (χ0) is 15.2. The Morgan fingerprint density at radius 2 is 2.00 bits per heavy atom. The van der Waals surface area contributed by atoms with Crippen LogP contribution in [0.15, 0.2) is 30.3 Å². The number of halogens is 1. The number of aryl methyl sites for hydroxylation is 1. The van der Waals surface area contributed by atoms with E-state index in [4.69, 9.17) is 16.3 Å². The molecule has 0 unspecified atom stereocenters. The summed E-state index contributed by atoms with van der Waals surface area (Å²) in [4.78, 5) is 0. The first-order chi connectivity index (χ1) is 10.0. The Morgan fingerprint density at radius 1 is 1.19 bits per heavy atom. The molecule has 4 nitrogen and oxygen atoms in total. The number of aromatic nitrogens is 2. The Hall–Kier alpha value is -1.65. The van der Waals surface area contributed by atoms with Crippen LogP contribution in [0, 0.1) is 12.8 Å². The fraction of sp³-hybridized carbons (Fsp3) is 0.375. The Morgan fingerprint density at radius 3 is 2.62 bits per heavy atom. The molecule has 0 radical (unpaired) electrons. The Labute approximate surface area is 130 Å². The monoisotopic (exact) mass is 305 g/mol. The summed E-state index contributed by atoms with van der Waals surface area (Å²) < 4.78 is 5.66. The molecule has 0 fully saturated rings. The van der Waals surface area contributed by atoms with Crippen molar-refractivity contribution in [3.63, 3.8) is 0 Å². The smallest absolute Gasteiger partial charge is 0.238 e. The van der Waals surface area contributed by atoms with Crippen molar-refractivity contribution in [2.45, 2.75) is 27.3 Å². The molecule has 0 spiro atoms. The van der Waals surface area contributed by atoms with Crippen LogP contribution >= 0.6 is 11.6 Å². The highest BCUT2D eigenvalue weighted by molar-refractivity contribution is 6.31. The lowest BCUT2D eigenvalue weighted by atomic mass is 10.2. The molecule has 21 heavy (non-hydrogen) atoms.